The summed E-state index contributed by atoms with van der Waals surface area (Å²) in [5.41, 5.74) is 2.08. The molecular weight excluding hydrogens is 396 g/mol. The molecule has 0 saturated carbocycles. The van der Waals surface area contributed by atoms with Gasteiger partial charge in [0.15, 0.2) is 17.3 Å². The molecular formula is C21H21F2N3O4. The van der Waals surface area contributed by atoms with Gasteiger partial charge >= 0.3 is 6.61 Å². The van der Waals surface area contributed by atoms with Crippen LogP contribution in [0, 0.1) is 6.92 Å². The summed E-state index contributed by atoms with van der Waals surface area (Å²) < 4.78 is 39.8. The van der Waals surface area contributed by atoms with Crippen molar-refractivity contribution in [3.05, 3.63) is 53.3 Å². The van der Waals surface area contributed by atoms with Gasteiger partial charge in [0.25, 0.3) is 11.8 Å². The molecule has 7 nitrogen and oxygen atoms in total. The van der Waals surface area contributed by atoms with Crippen LogP contribution >= 0.6 is 0 Å². The minimum absolute atomic E-state index is 0.0198. The van der Waals surface area contributed by atoms with Crippen LogP contribution in [0.2, 0.25) is 0 Å². The van der Waals surface area contributed by atoms with Crippen molar-refractivity contribution in [1.82, 2.24) is 10.1 Å². The highest BCUT2D eigenvalue weighted by Crippen LogP contribution is 2.33. The molecule has 0 aliphatic rings. The SMILES string of the molecule is COc1cc(C(=O)Nc2c(C)cccc2-c2nc(C(C)C)no2)ccc1OC(F)F. The molecule has 1 amide bonds. The van der Waals surface area contributed by atoms with Gasteiger partial charge in [-0.1, -0.05) is 31.1 Å². The maximum absolute atomic E-state index is 12.8. The van der Waals surface area contributed by atoms with E-state index in [0.717, 1.165) is 5.56 Å². The van der Waals surface area contributed by atoms with Gasteiger partial charge in [0.1, 0.15) is 0 Å². The second kappa shape index (κ2) is 8.89. The van der Waals surface area contributed by atoms with E-state index >= 15 is 0 Å². The summed E-state index contributed by atoms with van der Waals surface area (Å²) in [6.45, 7) is 2.72. The molecule has 0 spiro atoms. The molecule has 9 heteroatoms. The number of rotatable bonds is 7. The van der Waals surface area contributed by atoms with Crippen LogP contribution in [-0.4, -0.2) is 29.8 Å². The number of halogens is 2. The van der Waals surface area contributed by atoms with Crippen LogP contribution in [0.25, 0.3) is 11.5 Å². The fraction of sp³-hybridized carbons (Fsp3) is 0.286. The van der Waals surface area contributed by atoms with Crippen LogP contribution in [0.5, 0.6) is 11.5 Å². The Hall–Kier alpha value is -3.49. The Morgan fingerprint density at radius 2 is 1.93 bits per heavy atom. The van der Waals surface area contributed by atoms with Gasteiger partial charge in [-0.25, -0.2) is 0 Å². The third-order valence-electron chi connectivity index (χ3n) is 4.34. The number of aromatic nitrogens is 2. The zero-order chi connectivity index (χ0) is 21.8. The number of hydrogen-bond acceptors (Lipinski definition) is 6. The maximum Gasteiger partial charge on any atom is 0.387 e. The molecule has 0 unspecified atom stereocenters. The van der Waals surface area contributed by atoms with Gasteiger partial charge in [0.2, 0.25) is 0 Å². The predicted octanol–water partition coefficient (Wildman–Crippen LogP) is 5.03. The minimum Gasteiger partial charge on any atom is -0.493 e. The maximum atomic E-state index is 12.8. The molecule has 0 radical (unpaired) electrons. The smallest absolute Gasteiger partial charge is 0.387 e. The van der Waals surface area contributed by atoms with Crippen LogP contribution < -0.4 is 14.8 Å². The molecule has 158 valence electrons. The lowest BCUT2D eigenvalue weighted by Gasteiger charge is -2.14. The normalized spacial score (nSPS) is 11.1. The van der Waals surface area contributed by atoms with Crippen molar-refractivity contribution in [3.8, 4) is 23.0 Å². The number of anilines is 1. The van der Waals surface area contributed by atoms with Gasteiger partial charge in [0, 0.05) is 11.5 Å². The highest BCUT2D eigenvalue weighted by Gasteiger charge is 2.19. The van der Waals surface area contributed by atoms with Gasteiger partial charge in [-0.15, -0.1) is 0 Å². The van der Waals surface area contributed by atoms with Gasteiger partial charge in [-0.3, -0.25) is 4.79 Å². The Labute approximate surface area is 172 Å². The summed E-state index contributed by atoms with van der Waals surface area (Å²) in [5, 5.41) is 6.80. The van der Waals surface area contributed by atoms with E-state index in [1.807, 2.05) is 32.9 Å². The van der Waals surface area contributed by atoms with E-state index in [-0.39, 0.29) is 28.9 Å². The summed E-state index contributed by atoms with van der Waals surface area (Å²) >= 11 is 0. The number of para-hydroxylation sites is 1. The largest absolute Gasteiger partial charge is 0.493 e. The van der Waals surface area contributed by atoms with Gasteiger partial charge in [-0.2, -0.15) is 13.8 Å². The summed E-state index contributed by atoms with van der Waals surface area (Å²) in [6, 6.07) is 9.37. The van der Waals surface area contributed by atoms with E-state index in [9.17, 15) is 13.6 Å². The third-order valence-corrected chi connectivity index (χ3v) is 4.34. The van der Waals surface area contributed by atoms with Crippen molar-refractivity contribution >= 4 is 11.6 Å². The van der Waals surface area contributed by atoms with Crippen LogP contribution in [0.1, 0.15) is 41.5 Å². The monoisotopic (exact) mass is 417 g/mol. The van der Waals surface area contributed by atoms with Gasteiger partial charge in [-0.05, 0) is 36.8 Å². The molecule has 0 atom stereocenters. The molecule has 0 aliphatic carbocycles. The number of nitrogens with zero attached hydrogens (tertiary/aromatic N) is 2. The second-order valence-corrected chi connectivity index (χ2v) is 6.81. The number of carbonyl (C=O) groups is 1. The molecule has 0 saturated heterocycles. The van der Waals surface area contributed by atoms with Crippen LogP contribution in [0.4, 0.5) is 14.5 Å². The van der Waals surface area contributed by atoms with Crippen molar-refractivity contribution in [2.75, 3.05) is 12.4 Å². The quantitative estimate of drug-likeness (QED) is 0.580. The number of alkyl halides is 2. The third kappa shape index (κ3) is 4.56. The molecule has 0 fully saturated rings. The first-order valence-corrected chi connectivity index (χ1v) is 9.18. The number of carbonyl (C=O) groups excluding carboxylic acids is 1. The van der Waals surface area contributed by atoms with Crippen LogP contribution in [0.3, 0.4) is 0 Å². The second-order valence-electron chi connectivity index (χ2n) is 6.81. The summed E-state index contributed by atoms with van der Waals surface area (Å²) in [7, 11) is 1.30. The van der Waals surface area contributed by atoms with E-state index in [0.29, 0.717) is 17.1 Å². The van der Waals surface area contributed by atoms with Crippen molar-refractivity contribution in [1.29, 1.82) is 0 Å². The fourth-order valence-electron chi connectivity index (χ4n) is 2.78. The number of aryl methyl sites for hydroxylation is 1. The zero-order valence-corrected chi connectivity index (χ0v) is 16.9. The summed E-state index contributed by atoms with van der Waals surface area (Å²) in [4.78, 5) is 17.2. The highest BCUT2D eigenvalue weighted by molar-refractivity contribution is 6.06. The average Bonchev–Trinajstić information content (AvgIpc) is 3.19. The van der Waals surface area contributed by atoms with E-state index < -0.39 is 12.5 Å². The topological polar surface area (TPSA) is 86.5 Å². The number of nitrogens with one attached hydrogen (secondary N) is 1. The minimum atomic E-state index is -3.00. The first-order chi connectivity index (χ1) is 14.3. The number of benzene rings is 2. The first-order valence-electron chi connectivity index (χ1n) is 9.18. The van der Waals surface area contributed by atoms with Gasteiger partial charge < -0.3 is 19.3 Å². The zero-order valence-electron chi connectivity index (χ0n) is 16.9. The lowest BCUT2D eigenvalue weighted by Crippen LogP contribution is -2.14. The molecule has 1 heterocycles. The number of amides is 1. The van der Waals surface area contributed by atoms with Crippen molar-refractivity contribution in [2.24, 2.45) is 0 Å². The van der Waals surface area contributed by atoms with Crippen molar-refractivity contribution in [3.63, 3.8) is 0 Å². The van der Waals surface area contributed by atoms with E-state index in [4.69, 9.17) is 9.26 Å². The Morgan fingerprint density at radius 3 is 2.57 bits per heavy atom. The number of hydrogen-bond donors (Lipinski definition) is 1. The van der Waals surface area contributed by atoms with E-state index in [2.05, 4.69) is 20.2 Å². The fourth-order valence-corrected chi connectivity index (χ4v) is 2.78. The average molecular weight is 417 g/mol. The van der Waals surface area contributed by atoms with E-state index in [1.54, 1.807) is 6.07 Å². The highest BCUT2D eigenvalue weighted by atomic mass is 19.3. The number of ether oxygens (including phenoxy) is 2. The van der Waals surface area contributed by atoms with Crippen LogP contribution in [0.15, 0.2) is 40.9 Å². The van der Waals surface area contributed by atoms with Crippen LogP contribution in [-0.2, 0) is 0 Å². The molecule has 1 N–H and O–H groups in total. The molecule has 0 bridgehead atoms. The Morgan fingerprint density at radius 1 is 1.17 bits per heavy atom. The predicted molar refractivity (Wildman–Crippen MR) is 106 cm³/mol. The summed E-state index contributed by atoms with van der Waals surface area (Å²) in [6.07, 6.45) is 0. The Bertz CT molecular complexity index is 1050. The summed E-state index contributed by atoms with van der Waals surface area (Å²) in [5.74, 6) is 0.334. The van der Waals surface area contributed by atoms with Crippen molar-refractivity contribution in [2.45, 2.75) is 33.3 Å². The Balaban J connectivity index is 1.92. The van der Waals surface area contributed by atoms with E-state index in [1.165, 1.54) is 25.3 Å². The lowest BCUT2D eigenvalue weighted by molar-refractivity contribution is -0.0512. The van der Waals surface area contributed by atoms with Crippen molar-refractivity contribution < 1.29 is 27.6 Å². The molecule has 1 aromatic heterocycles. The molecule has 2 aromatic carbocycles. The lowest BCUT2D eigenvalue weighted by atomic mass is 10.1. The molecule has 3 aromatic rings. The Kier molecular flexibility index (Phi) is 6.29. The van der Waals surface area contributed by atoms with Gasteiger partial charge in [0.05, 0.1) is 18.4 Å². The first kappa shape index (κ1) is 21.2. The molecule has 0 aliphatic heterocycles. The number of methoxy groups -OCH3 is 1. The molecule has 3 rings (SSSR count). The standard InChI is InChI=1S/C21H21F2N3O4/c1-11(2)18-25-20(30-26-18)14-7-5-6-12(3)17(14)24-19(27)13-8-9-15(29-21(22)23)16(10-13)28-4/h5-11,21H,1-4H3,(H,24,27). The molecule has 30 heavy (non-hydrogen) atoms.